The molecule has 1 aromatic rings. The van der Waals surface area contributed by atoms with Crippen molar-refractivity contribution in [2.24, 2.45) is 5.92 Å². The number of carbonyl (C=O) groups excluding carboxylic acids is 1. The van der Waals surface area contributed by atoms with Gasteiger partial charge in [-0.3, -0.25) is 9.59 Å². The maximum atomic E-state index is 12.0. The molecule has 1 aliphatic carbocycles. The number of halogens is 1. The molecule has 2 N–H and O–H groups in total. The van der Waals surface area contributed by atoms with Crippen LogP contribution in [0.5, 0.6) is 0 Å². The van der Waals surface area contributed by atoms with E-state index in [9.17, 15) is 9.59 Å². The molecule has 2 rings (SSSR count). The van der Waals surface area contributed by atoms with Gasteiger partial charge < -0.3 is 10.4 Å². The van der Waals surface area contributed by atoms with Crippen LogP contribution in [0.1, 0.15) is 29.6 Å². The first-order valence-corrected chi connectivity index (χ1v) is 6.93. The van der Waals surface area contributed by atoms with Gasteiger partial charge >= 0.3 is 5.97 Å². The van der Waals surface area contributed by atoms with Crippen LogP contribution in [0.25, 0.3) is 0 Å². The topological polar surface area (TPSA) is 66.4 Å². The summed E-state index contributed by atoms with van der Waals surface area (Å²) in [5.41, 5.74) is 0.626. The number of rotatable bonds is 3. The van der Waals surface area contributed by atoms with Crippen LogP contribution in [0.15, 0.2) is 24.3 Å². The van der Waals surface area contributed by atoms with Gasteiger partial charge in [-0.1, -0.05) is 6.07 Å². The minimum absolute atomic E-state index is 0.0172. The first kappa shape index (κ1) is 13.3. The number of carbonyl (C=O) groups is 2. The molecule has 1 saturated carbocycles. The van der Waals surface area contributed by atoms with E-state index in [1.54, 1.807) is 6.07 Å². The standard InChI is InChI=1S/C13H14INO3/c14-10-3-1-2-8(6-10)12(16)15-11-5-4-9(7-11)13(17)18/h1-3,6,9,11H,4-5,7H2,(H,15,16)(H,17,18)/t9-,11+/m0/s1. The number of hydrogen-bond donors (Lipinski definition) is 2. The van der Waals surface area contributed by atoms with Gasteiger partial charge in [-0.25, -0.2) is 0 Å². The SMILES string of the molecule is O=C(N[C@@H]1CC[C@H](C(=O)O)C1)c1cccc(I)c1. The molecular formula is C13H14INO3. The predicted molar refractivity (Wildman–Crippen MR) is 75.4 cm³/mol. The molecular weight excluding hydrogens is 345 g/mol. The third-order valence-corrected chi connectivity index (χ3v) is 3.87. The van der Waals surface area contributed by atoms with Gasteiger partial charge in [0.15, 0.2) is 0 Å². The van der Waals surface area contributed by atoms with Crippen LogP contribution in [-0.2, 0) is 4.79 Å². The van der Waals surface area contributed by atoms with Crippen molar-refractivity contribution in [3.8, 4) is 0 Å². The van der Waals surface area contributed by atoms with Gasteiger partial charge in [-0.15, -0.1) is 0 Å². The average molecular weight is 359 g/mol. The van der Waals surface area contributed by atoms with E-state index in [0.29, 0.717) is 18.4 Å². The smallest absolute Gasteiger partial charge is 0.306 e. The first-order valence-electron chi connectivity index (χ1n) is 5.85. The second-order valence-corrected chi connectivity index (χ2v) is 5.77. The minimum Gasteiger partial charge on any atom is -0.481 e. The van der Waals surface area contributed by atoms with Gasteiger partial charge in [0, 0.05) is 15.2 Å². The molecule has 1 amide bonds. The van der Waals surface area contributed by atoms with Gasteiger partial charge in [-0.05, 0) is 60.1 Å². The highest BCUT2D eigenvalue weighted by Gasteiger charge is 2.30. The van der Waals surface area contributed by atoms with Crippen molar-refractivity contribution in [3.05, 3.63) is 33.4 Å². The van der Waals surface area contributed by atoms with Crippen molar-refractivity contribution < 1.29 is 14.7 Å². The Bertz CT molecular complexity index is 475. The molecule has 0 bridgehead atoms. The highest BCUT2D eigenvalue weighted by Crippen LogP contribution is 2.25. The van der Waals surface area contributed by atoms with Crippen LogP contribution in [-0.4, -0.2) is 23.0 Å². The number of aliphatic carboxylic acids is 1. The predicted octanol–water partition coefficient (Wildman–Crippen LogP) is 2.27. The second kappa shape index (κ2) is 5.69. The summed E-state index contributed by atoms with van der Waals surface area (Å²) in [6, 6.07) is 7.33. The first-order chi connectivity index (χ1) is 8.56. The fourth-order valence-corrected chi connectivity index (χ4v) is 2.78. The minimum atomic E-state index is -0.763. The number of benzene rings is 1. The van der Waals surface area contributed by atoms with Crippen LogP contribution < -0.4 is 5.32 Å². The molecule has 1 aromatic carbocycles. The zero-order valence-electron chi connectivity index (χ0n) is 9.73. The molecule has 2 atom stereocenters. The highest BCUT2D eigenvalue weighted by molar-refractivity contribution is 14.1. The van der Waals surface area contributed by atoms with Gasteiger partial charge in [0.1, 0.15) is 0 Å². The summed E-state index contributed by atoms with van der Waals surface area (Å²) in [4.78, 5) is 22.8. The number of nitrogens with one attached hydrogen (secondary N) is 1. The van der Waals surface area contributed by atoms with E-state index in [4.69, 9.17) is 5.11 Å². The Labute approximate surface area is 119 Å². The van der Waals surface area contributed by atoms with E-state index in [-0.39, 0.29) is 17.9 Å². The third-order valence-electron chi connectivity index (χ3n) is 3.20. The fraction of sp³-hybridized carbons (Fsp3) is 0.385. The largest absolute Gasteiger partial charge is 0.481 e. The van der Waals surface area contributed by atoms with Crippen LogP contribution in [0.3, 0.4) is 0 Å². The normalized spacial score (nSPS) is 22.7. The molecule has 4 nitrogen and oxygen atoms in total. The Hall–Kier alpha value is -1.11. The average Bonchev–Trinajstić information content (AvgIpc) is 2.77. The molecule has 0 radical (unpaired) electrons. The maximum absolute atomic E-state index is 12.0. The Morgan fingerprint density at radius 1 is 1.33 bits per heavy atom. The highest BCUT2D eigenvalue weighted by atomic mass is 127. The molecule has 1 fully saturated rings. The quantitative estimate of drug-likeness (QED) is 0.814. The molecule has 0 heterocycles. The van der Waals surface area contributed by atoms with Crippen molar-refractivity contribution in [2.45, 2.75) is 25.3 Å². The lowest BCUT2D eigenvalue weighted by molar-refractivity contribution is -0.141. The van der Waals surface area contributed by atoms with E-state index >= 15 is 0 Å². The zero-order valence-corrected chi connectivity index (χ0v) is 11.9. The lowest BCUT2D eigenvalue weighted by atomic mass is 10.1. The molecule has 5 heteroatoms. The zero-order chi connectivity index (χ0) is 13.1. The van der Waals surface area contributed by atoms with E-state index in [2.05, 4.69) is 27.9 Å². The monoisotopic (exact) mass is 359 g/mol. The molecule has 96 valence electrons. The summed E-state index contributed by atoms with van der Waals surface area (Å²) in [5.74, 6) is -1.20. The van der Waals surface area contributed by atoms with Crippen molar-refractivity contribution in [2.75, 3.05) is 0 Å². The summed E-state index contributed by atoms with van der Waals surface area (Å²) in [6.07, 6.45) is 1.92. The number of amides is 1. The summed E-state index contributed by atoms with van der Waals surface area (Å²) in [5, 5.41) is 11.8. The molecule has 0 aliphatic heterocycles. The molecule has 0 aromatic heterocycles. The van der Waals surface area contributed by atoms with Crippen molar-refractivity contribution in [3.63, 3.8) is 0 Å². The van der Waals surface area contributed by atoms with Gasteiger partial charge in [-0.2, -0.15) is 0 Å². The van der Waals surface area contributed by atoms with E-state index in [1.165, 1.54) is 0 Å². The summed E-state index contributed by atoms with van der Waals surface area (Å²) >= 11 is 2.16. The molecule has 0 saturated heterocycles. The van der Waals surface area contributed by atoms with Crippen molar-refractivity contribution in [1.29, 1.82) is 0 Å². The molecule has 0 spiro atoms. The van der Waals surface area contributed by atoms with Gasteiger partial charge in [0.2, 0.25) is 0 Å². The van der Waals surface area contributed by atoms with E-state index in [1.807, 2.05) is 18.2 Å². The van der Waals surface area contributed by atoms with Crippen molar-refractivity contribution >= 4 is 34.5 Å². The fourth-order valence-electron chi connectivity index (χ4n) is 2.24. The Morgan fingerprint density at radius 3 is 2.72 bits per heavy atom. The van der Waals surface area contributed by atoms with Crippen molar-refractivity contribution in [1.82, 2.24) is 5.32 Å². The lowest BCUT2D eigenvalue weighted by Crippen LogP contribution is -2.33. The Kier molecular flexibility index (Phi) is 4.21. The van der Waals surface area contributed by atoms with Gasteiger partial charge in [0.25, 0.3) is 5.91 Å². The number of carboxylic acids is 1. The van der Waals surface area contributed by atoms with E-state index < -0.39 is 5.97 Å². The molecule has 18 heavy (non-hydrogen) atoms. The Morgan fingerprint density at radius 2 is 2.11 bits per heavy atom. The van der Waals surface area contributed by atoms with Crippen LogP contribution in [0.2, 0.25) is 0 Å². The number of carboxylic acid groups (broad SMARTS) is 1. The summed E-state index contributed by atoms with van der Waals surface area (Å²) in [6.45, 7) is 0. The third kappa shape index (κ3) is 3.22. The number of hydrogen-bond acceptors (Lipinski definition) is 2. The molecule has 1 aliphatic rings. The lowest BCUT2D eigenvalue weighted by Gasteiger charge is -2.12. The van der Waals surface area contributed by atoms with Crippen LogP contribution in [0.4, 0.5) is 0 Å². The van der Waals surface area contributed by atoms with Crippen LogP contribution >= 0.6 is 22.6 Å². The summed E-state index contributed by atoms with van der Waals surface area (Å²) < 4.78 is 1.01. The Balaban J connectivity index is 1.95. The van der Waals surface area contributed by atoms with Gasteiger partial charge in [0.05, 0.1) is 5.92 Å². The van der Waals surface area contributed by atoms with Crippen LogP contribution in [0, 0.1) is 9.49 Å². The maximum Gasteiger partial charge on any atom is 0.306 e. The van der Waals surface area contributed by atoms with E-state index in [0.717, 1.165) is 9.99 Å². The molecule has 0 unspecified atom stereocenters. The summed E-state index contributed by atoms with van der Waals surface area (Å²) in [7, 11) is 0. The second-order valence-electron chi connectivity index (χ2n) is 4.53.